The van der Waals surface area contributed by atoms with Crippen LogP contribution in [0.15, 0.2) is 71.6 Å². The van der Waals surface area contributed by atoms with E-state index in [9.17, 15) is 31.0 Å². The average Bonchev–Trinajstić information content (AvgIpc) is 2.81. The van der Waals surface area contributed by atoms with Crippen LogP contribution in [0, 0.1) is 11.6 Å². The molecule has 1 atom stereocenters. The van der Waals surface area contributed by atoms with Crippen LogP contribution in [0.4, 0.5) is 22.0 Å². The molecule has 35 heavy (non-hydrogen) atoms. The smallest absolute Gasteiger partial charge is 0.351 e. The molecule has 0 aliphatic heterocycles. The van der Waals surface area contributed by atoms with Crippen LogP contribution in [-0.2, 0) is 28.5 Å². The normalized spacial score (nSPS) is 12.7. The van der Waals surface area contributed by atoms with E-state index in [-0.39, 0.29) is 24.7 Å². The van der Waals surface area contributed by atoms with Crippen molar-refractivity contribution in [3.8, 4) is 11.1 Å². The summed E-state index contributed by atoms with van der Waals surface area (Å²) in [7, 11) is -1.72. The van der Waals surface area contributed by atoms with Gasteiger partial charge in [0, 0.05) is 18.2 Å². The van der Waals surface area contributed by atoms with E-state index in [1.165, 1.54) is 58.9 Å². The number of nitrogens with zero attached hydrogens (tertiary/aromatic N) is 1. The predicted molar refractivity (Wildman–Crippen MR) is 123 cm³/mol. The highest BCUT2D eigenvalue weighted by atomic mass is 32.2. The minimum Gasteiger partial charge on any atom is -0.351 e. The minimum atomic E-state index is -4.46. The Morgan fingerprint density at radius 2 is 1.54 bits per heavy atom. The van der Waals surface area contributed by atoms with Crippen molar-refractivity contribution in [1.29, 1.82) is 0 Å². The fourth-order valence-corrected chi connectivity index (χ4v) is 4.51. The lowest BCUT2D eigenvalue weighted by atomic mass is 10.0. The first-order chi connectivity index (χ1) is 16.5. The van der Waals surface area contributed by atoms with Gasteiger partial charge < -0.3 is 5.32 Å². The van der Waals surface area contributed by atoms with E-state index < -0.39 is 40.3 Å². The van der Waals surface area contributed by atoms with Crippen molar-refractivity contribution >= 4 is 16.9 Å². The molecule has 186 valence electrons. The van der Waals surface area contributed by atoms with Crippen molar-refractivity contribution < 1.29 is 31.0 Å². The van der Waals surface area contributed by atoms with Gasteiger partial charge in [-0.15, -0.1) is 0 Å². The average molecular weight is 511 g/mol. The molecule has 1 unspecified atom stereocenters. The van der Waals surface area contributed by atoms with E-state index >= 15 is 0 Å². The molecule has 3 rings (SSSR count). The SMILES string of the molecule is CC(C)N(CC(=O)NCc1cc(-c2ccc(C(F)(F)F)cc2)ccc1F)S(=O)c1ccc(F)cc1. The number of benzene rings is 3. The number of carbonyl (C=O) groups is 1. The largest absolute Gasteiger partial charge is 0.416 e. The molecule has 0 aliphatic carbocycles. The van der Waals surface area contributed by atoms with Gasteiger partial charge in [0.05, 0.1) is 17.0 Å². The Balaban J connectivity index is 1.68. The van der Waals surface area contributed by atoms with Crippen molar-refractivity contribution in [2.24, 2.45) is 0 Å². The van der Waals surface area contributed by atoms with Gasteiger partial charge in [0.1, 0.15) is 22.6 Å². The first kappa shape index (κ1) is 26.5. The molecule has 3 aromatic carbocycles. The molecule has 1 amide bonds. The van der Waals surface area contributed by atoms with Gasteiger partial charge in [-0.25, -0.2) is 17.3 Å². The summed E-state index contributed by atoms with van der Waals surface area (Å²) in [6.45, 7) is 3.08. The molecule has 0 radical (unpaired) electrons. The first-order valence-corrected chi connectivity index (χ1v) is 11.7. The summed E-state index contributed by atoms with van der Waals surface area (Å²) in [5, 5.41) is 2.58. The lowest BCUT2D eigenvalue weighted by Gasteiger charge is -2.24. The van der Waals surface area contributed by atoms with Crippen LogP contribution in [0.2, 0.25) is 0 Å². The van der Waals surface area contributed by atoms with Gasteiger partial charge in [0.15, 0.2) is 0 Å². The highest BCUT2D eigenvalue weighted by molar-refractivity contribution is 7.82. The Morgan fingerprint density at radius 3 is 2.11 bits per heavy atom. The van der Waals surface area contributed by atoms with Crippen LogP contribution in [0.5, 0.6) is 0 Å². The number of alkyl halides is 3. The molecular formula is C25H23F5N2O2S. The lowest BCUT2D eigenvalue weighted by Crippen LogP contribution is -2.41. The summed E-state index contributed by atoms with van der Waals surface area (Å²) in [6, 6.07) is 13.4. The fraction of sp³-hybridized carbons (Fsp3) is 0.240. The number of carbonyl (C=O) groups excluding carboxylic acids is 1. The summed E-state index contributed by atoms with van der Waals surface area (Å²) in [6.07, 6.45) is -4.46. The van der Waals surface area contributed by atoms with Crippen LogP contribution in [0.25, 0.3) is 11.1 Å². The molecule has 3 aromatic rings. The molecule has 0 saturated carbocycles. The summed E-state index contributed by atoms with van der Waals surface area (Å²) >= 11 is 0. The zero-order valence-electron chi connectivity index (χ0n) is 18.9. The Hall–Kier alpha value is -3.11. The fourth-order valence-electron chi connectivity index (χ4n) is 3.25. The molecule has 0 fully saturated rings. The standard InChI is InChI=1S/C25H23F5N2O2S/c1-16(2)32(35(34)22-10-8-21(26)9-11-22)15-24(33)31-14-19-13-18(5-12-23(19)27)17-3-6-20(7-4-17)25(28,29)30/h3-13,16H,14-15H2,1-2H3,(H,31,33). The third kappa shape index (κ3) is 6.95. The molecule has 0 bridgehead atoms. The Morgan fingerprint density at radius 1 is 0.943 bits per heavy atom. The molecular weight excluding hydrogens is 487 g/mol. The molecule has 0 aliphatic rings. The minimum absolute atomic E-state index is 0.145. The molecule has 10 heteroatoms. The van der Waals surface area contributed by atoms with Crippen LogP contribution >= 0.6 is 0 Å². The monoisotopic (exact) mass is 510 g/mol. The number of rotatable bonds is 8. The summed E-state index contributed by atoms with van der Waals surface area (Å²) in [4.78, 5) is 12.9. The third-order valence-electron chi connectivity index (χ3n) is 5.17. The number of nitrogens with one attached hydrogen (secondary N) is 1. The van der Waals surface area contributed by atoms with Crippen LogP contribution in [0.1, 0.15) is 25.0 Å². The molecule has 0 aromatic heterocycles. The molecule has 0 saturated heterocycles. The van der Waals surface area contributed by atoms with Gasteiger partial charge in [-0.2, -0.15) is 13.2 Å². The number of amides is 1. The summed E-state index contributed by atoms with van der Waals surface area (Å²) < 4.78 is 80.1. The first-order valence-electron chi connectivity index (χ1n) is 10.6. The van der Waals surface area contributed by atoms with Gasteiger partial charge in [-0.1, -0.05) is 18.2 Å². The summed E-state index contributed by atoms with van der Waals surface area (Å²) in [5.41, 5.74) is 0.312. The number of hydrogen-bond acceptors (Lipinski definition) is 2. The van der Waals surface area contributed by atoms with Crippen molar-refractivity contribution in [3.05, 3.63) is 89.5 Å². The van der Waals surface area contributed by atoms with Crippen molar-refractivity contribution in [3.63, 3.8) is 0 Å². The predicted octanol–water partition coefficient (Wildman–Crippen LogP) is 5.70. The van der Waals surface area contributed by atoms with E-state index in [4.69, 9.17) is 0 Å². The second-order valence-electron chi connectivity index (χ2n) is 8.03. The number of halogens is 5. The Kier molecular flexibility index (Phi) is 8.39. The Bertz CT molecular complexity index is 1200. The molecule has 0 heterocycles. The van der Waals surface area contributed by atoms with E-state index in [1.54, 1.807) is 13.8 Å². The third-order valence-corrected chi connectivity index (χ3v) is 6.82. The number of hydrogen-bond donors (Lipinski definition) is 1. The van der Waals surface area contributed by atoms with E-state index in [0.29, 0.717) is 16.0 Å². The zero-order chi connectivity index (χ0) is 25.8. The van der Waals surface area contributed by atoms with E-state index in [0.717, 1.165) is 12.1 Å². The van der Waals surface area contributed by atoms with Crippen molar-refractivity contribution in [1.82, 2.24) is 9.62 Å². The van der Waals surface area contributed by atoms with E-state index in [1.807, 2.05) is 0 Å². The van der Waals surface area contributed by atoms with Gasteiger partial charge in [-0.05, 0) is 73.5 Å². The summed E-state index contributed by atoms with van der Waals surface area (Å²) in [5.74, 6) is -1.56. The maximum absolute atomic E-state index is 14.3. The second kappa shape index (κ2) is 11.1. The lowest BCUT2D eigenvalue weighted by molar-refractivity contribution is -0.137. The molecule has 0 spiro atoms. The van der Waals surface area contributed by atoms with Gasteiger partial charge in [-0.3, -0.25) is 4.79 Å². The Labute approximate surface area is 202 Å². The maximum atomic E-state index is 14.3. The molecule has 1 N–H and O–H groups in total. The van der Waals surface area contributed by atoms with Crippen LogP contribution in [0.3, 0.4) is 0 Å². The van der Waals surface area contributed by atoms with Gasteiger partial charge in [0.2, 0.25) is 5.91 Å². The van der Waals surface area contributed by atoms with Crippen LogP contribution in [-0.4, -0.2) is 27.0 Å². The van der Waals surface area contributed by atoms with Crippen LogP contribution < -0.4 is 5.32 Å². The van der Waals surface area contributed by atoms with Crippen molar-refractivity contribution in [2.75, 3.05) is 6.54 Å². The quantitative estimate of drug-likeness (QED) is 0.396. The topological polar surface area (TPSA) is 49.4 Å². The van der Waals surface area contributed by atoms with Crippen molar-refractivity contribution in [2.45, 2.75) is 37.5 Å². The van der Waals surface area contributed by atoms with Gasteiger partial charge >= 0.3 is 6.18 Å². The highest BCUT2D eigenvalue weighted by Gasteiger charge is 2.30. The van der Waals surface area contributed by atoms with E-state index in [2.05, 4.69) is 5.32 Å². The van der Waals surface area contributed by atoms with Gasteiger partial charge in [0.25, 0.3) is 0 Å². The maximum Gasteiger partial charge on any atom is 0.416 e. The second-order valence-corrected chi connectivity index (χ2v) is 9.47. The molecule has 4 nitrogen and oxygen atoms in total. The zero-order valence-corrected chi connectivity index (χ0v) is 19.7. The highest BCUT2D eigenvalue weighted by Crippen LogP contribution is 2.31.